The smallest absolute Gasteiger partial charge is 0.222 e. The van der Waals surface area contributed by atoms with Gasteiger partial charge >= 0.3 is 0 Å². The Kier molecular flexibility index (Phi) is 5.72. The standard InChI is InChI=1S/C22H27N7/c1-15-18(21-27-19-6-5-17(13-23)12-20(19)28-21)14-25-22(26-15)24-9-3-4-16-7-10-29(2)11-8-16/h5-6,12,14,16H,3-4,7-11H2,1-2H3,(H,27,28)(H,24,25,26). The largest absolute Gasteiger partial charge is 0.354 e. The lowest BCUT2D eigenvalue weighted by Gasteiger charge is -2.28. The molecule has 0 saturated carbocycles. The summed E-state index contributed by atoms with van der Waals surface area (Å²) in [6, 6.07) is 7.59. The van der Waals surface area contributed by atoms with Crippen molar-refractivity contribution in [2.24, 2.45) is 5.92 Å². The second-order valence-corrected chi connectivity index (χ2v) is 7.94. The predicted molar refractivity (Wildman–Crippen MR) is 115 cm³/mol. The first kappa shape index (κ1) is 19.3. The maximum atomic E-state index is 9.05. The fraction of sp³-hybridized carbons (Fsp3) is 0.455. The van der Waals surface area contributed by atoms with E-state index in [1.54, 1.807) is 12.1 Å². The van der Waals surface area contributed by atoms with Crippen LogP contribution in [-0.2, 0) is 0 Å². The number of aryl methyl sites for hydroxylation is 1. The third kappa shape index (κ3) is 4.54. The molecule has 3 aromatic rings. The Bertz CT molecular complexity index is 1030. The van der Waals surface area contributed by atoms with Crippen molar-refractivity contribution in [3.8, 4) is 17.5 Å². The Hall–Kier alpha value is -2.98. The van der Waals surface area contributed by atoms with Crippen LogP contribution in [0.15, 0.2) is 24.4 Å². The SMILES string of the molecule is Cc1nc(NCCCC2CCN(C)CC2)ncc1-c1nc2cc(C#N)ccc2[nH]1. The minimum Gasteiger partial charge on any atom is -0.354 e. The summed E-state index contributed by atoms with van der Waals surface area (Å²) in [4.78, 5) is 19.4. The summed E-state index contributed by atoms with van der Waals surface area (Å²) >= 11 is 0. The first-order valence-corrected chi connectivity index (χ1v) is 10.3. The maximum Gasteiger partial charge on any atom is 0.222 e. The lowest BCUT2D eigenvalue weighted by atomic mass is 9.92. The molecule has 1 aliphatic heterocycles. The monoisotopic (exact) mass is 389 g/mol. The van der Waals surface area contributed by atoms with Crippen LogP contribution in [0.1, 0.15) is 36.9 Å². The van der Waals surface area contributed by atoms with Gasteiger partial charge in [0.25, 0.3) is 0 Å². The molecule has 29 heavy (non-hydrogen) atoms. The minimum atomic E-state index is 0.600. The number of aromatic nitrogens is 4. The zero-order valence-electron chi connectivity index (χ0n) is 17.1. The van der Waals surface area contributed by atoms with Crippen LogP contribution in [-0.4, -0.2) is 51.5 Å². The maximum absolute atomic E-state index is 9.05. The number of rotatable bonds is 6. The van der Waals surface area contributed by atoms with Crippen molar-refractivity contribution in [2.75, 3.05) is 32.0 Å². The molecular formula is C22H27N7. The molecule has 0 spiro atoms. The van der Waals surface area contributed by atoms with Crippen LogP contribution in [0.3, 0.4) is 0 Å². The normalized spacial score (nSPS) is 15.5. The summed E-state index contributed by atoms with van der Waals surface area (Å²) in [5, 5.41) is 12.4. The summed E-state index contributed by atoms with van der Waals surface area (Å²) in [5.41, 5.74) is 4.02. The fourth-order valence-corrected chi connectivity index (χ4v) is 3.93. The Morgan fingerprint density at radius 1 is 1.28 bits per heavy atom. The van der Waals surface area contributed by atoms with E-state index in [-0.39, 0.29) is 0 Å². The third-order valence-electron chi connectivity index (χ3n) is 5.76. The minimum absolute atomic E-state index is 0.600. The second kappa shape index (κ2) is 8.58. The van der Waals surface area contributed by atoms with Crippen molar-refractivity contribution in [3.05, 3.63) is 35.7 Å². The second-order valence-electron chi connectivity index (χ2n) is 7.94. The van der Waals surface area contributed by atoms with Gasteiger partial charge in [-0.15, -0.1) is 0 Å². The van der Waals surface area contributed by atoms with E-state index in [0.29, 0.717) is 11.5 Å². The van der Waals surface area contributed by atoms with Gasteiger partial charge in [-0.3, -0.25) is 0 Å². The molecule has 150 valence electrons. The van der Waals surface area contributed by atoms with E-state index >= 15 is 0 Å². The number of hydrogen-bond donors (Lipinski definition) is 2. The summed E-state index contributed by atoms with van der Waals surface area (Å²) < 4.78 is 0. The number of nitrogens with one attached hydrogen (secondary N) is 2. The highest BCUT2D eigenvalue weighted by Gasteiger charge is 2.16. The Morgan fingerprint density at radius 2 is 2.10 bits per heavy atom. The highest BCUT2D eigenvalue weighted by molar-refractivity contribution is 5.80. The van der Waals surface area contributed by atoms with Gasteiger partial charge in [0, 0.05) is 12.7 Å². The van der Waals surface area contributed by atoms with Gasteiger partial charge in [-0.1, -0.05) is 0 Å². The first-order valence-electron chi connectivity index (χ1n) is 10.3. The molecule has 0 unspecified atom stereocenters. The van der Waals surface area contributed by atoms with Crippen molar-refractivity contribution in [2.45, 2.75) is 32.6 Å². The van der Waals surface area contributed by atoms with E-state index in [4.69, 9.17) is 5.26 Å². The molecule has 2 aromatic heterocycles. The first-order chi connectivity index (χ1) is 14.1. The highest BCUT2D eigenvalue weighted by atomic mass is 15.1. The van der Waals surface area contributed by atoms with Crippen LogP contribution in [0.5, 0.6) is 0 Å². The summed E-state index contributed by atoms with van der Waals surface area (Å²) in [7, 11) is 2.20. The van der Waals surface area contributed by atoms with Gasteiger partial charge in [0.1, 0.15) is 5.82 Å². The Labute approximate surface area is 171 Å². The van der Waals surface area contributed by atoms with E-state index < -0.39 is 0 Å². The number of anilines is 1. The van der Waals surface area contributed by atoms with Gasteiger partial charge in [-0.2, -0.15) is 5.26 Å². The molecule has 0 amide bonds. The number of fused-ring (bicyclic) bond motifs is 1. The van der Waals surface area contributed by atoms with Crippen molar-refractivity contribution in [1.82, 2.24) is 24.8 Å². The lowest BCUT2D eigenvalue weighted by Crippen LogP contribution is -2.30. The molecule has 2 N–H and O–H groups in total. The van der Waals surface area contributed by atoms with Crippen LogP contribution < -0.4 is 5.32 Å². The fourth-order valence-electron chi connectivity index (χ4n) is 3.93. The number of H-pyrrole nitrogens is 1. The summed E-state index contributed by atoms with van der Waals surface area (Å²) in [6.07, 6.45) is 6.85. The Balaban J connectivity index is 1.36. The van der Waals surface area contributed by atoms with E-state index in [9.17, 15) is 0 Å². The number of imidazole rings is 1. The van der Waals surface area contributed by atoms with Gasteiger partial charge in [-0.05, 0) is 76.9 Å². The Morgan fingerprint density at radius 3 is 2.86 bits per heavy atom. The molecule has 4 rings (SSSR count). The molecule has 0 bridgehead atoms. The van der Waals surface area contributed by atoms with Crippen LogP contribution in [0.4, 0.5) is 5.95 Å². The molecule has 1 aliphatic rings. The van der Waals surface area contributed by atoms with Gasteiger partial charge < -0.3 is 15.2 Å². The van der Waals surface area contributed by atoms with Crippen LogP contribution >= 0.6 is 0 Å². The third-order valence-corrected chi connectivity index (χ3v) is 5.76. The van der Waals surface area contributed by atoms with E-state index in [2.05, 4.69) is 43.3 Å². The van der Waals surface area contributed by atoms with Crippen LogP contribution in [0.2, 0.25) is 0 Å². The average Bonchev–Trinajstić information content (AvgIpc) is 3.15. The quantitative estimate of drug-likeness (QED) is 0.624. The van der Waals surface area contributed by atoms with Gasteiger partial charge in [0.05, 0.1) is 33.9 Å². The van der Waals surface area contributed by atoms with Crippen molar-refractivity contribution in [3.63, 3.8) is 0 Å². The number of aromatic amines is 1. The number of hydrogen-bond acceptors (Lipinski definition) is 6. The molecule has 0 atom stereocenters. The zero-order valence-corrected chi connectivity index (χ0v) is 17.1. The van der Waals surface area contributed by atoms with Gasteiger partial charge in [-0.25, -0.2) is 15.0 Å². The van der Waals surface area contributed by atoms with Gasteiger partial charge in [0.15, 0.2) is 0 Å². The van der Waals surface area contributed by atoms with E-state index in [1.165, 1.54) is 32.4 Å². The average molecular weight is 390 g/mol. The zero-order chi connectivity index (χ0) is 20.2. The highest BCUT2D eigenvalue weighted by Crippen LogP contribution is 2.24. The molecular weight excluding hydrogens is 362 g/mol. The van der Waals surface area contributed by atoms with Crippen LogP contribution in [0, 0.1) is 24.2 Å². The molecule has 0 radical (unpaired) electrons. The number of benzene rings is 1. The van der Waals surface area contributed by atoms with Crippen molar-refractivity contribution < 1.29 is 0 Å². The predicted octanol–water partition coefficient (Wildman–Crippen LogP) is 3.73. The van der Waals surface area contributed by atoms with E-state index in [1.807, 2.05) is 19.2 Å². The summed E-state index contributed by atoms with van der Waals surface area (Å²) in [6.45, 7) is 5.31. The van der Waals surface area contributed by atoms with E-state index in [0.717, 1.165) is 47.0 Å². The number of nitriles is 1. The molecule has 7 heteroatoms. The molecule has 1 saturated heterocycles. The molecule has 3 heterocycles. The molecule has 1 fully saturated rings. The summed E-state index contributed by atoms with van der Waals surface area (Å²) in [5.74, 6) is 2.24. The van der Waals surface area contributed by atoms with Crippen molar-refractivity contribution in [1.29, 1.82) is 5.26 Å². The topological polar surface area (TPSA) is 93.5 Å². The molecule has 7 nitrogen and oxygen atoms in total. The van der Waals surface area contributed by atoms with Crippen LogP contribution in [0.25, 0.3) is 22.4 Å². The molecule has 1 aromatic carbocycles. The molecule has 0 aliphatic carbocycles. The van der Waals surface area contributed by atoms with Gasteiger partial charge in [0.2, 0.25) is 5.95 Å². The van der Waals surface area contributed by atoms with Crippen molar-refractivity contribution >= 4 is 17.0 Å². The number of likely N-dealkylation sites (tertiary alicyclic amines) is 1. The number of piperidine rings is 1. The lowest BCUT2D eigenvalue weighted by molar-refractivity contribution is 0.211. The number of nitrogens with zero attached hydrogens (tertiary/aromatic N) is 5.